The molecule has 0 unspecified atom stereocenters. The summed E-state index contributed by atoms with van der Waals surface area (Å²) in [6, 6.07) is 11.3. The van der Waals surface area contributed by atoms with Crippen LogP contribution in [0.2, 0.25) is 0 Å². The Morgan fingerprint density at radius 2 is 1.45 bits per heavy atom. The van der Waals surface area contributed by atoms with Gasteiger partial charge in [-0.05, 0) is 75.2 Å². The number of carbonyl (C=O) groups excluding carboxylic acids is 2. The van der Waals surface area contributed by atoms with Gasteiger partial charge in [0.25, 0.3) is 15.9 Å². The fourth-order valence-corrected chi connectivity index (χ4v) is 4.82. The molecule has 1 saturated heterocycles. The van der Waals surface area contributed by atoms with E-state index in [1.54, 1.807) is 26.8 Å². The van der Waals surface area contributed by atoms with E-state index in [0.717, 1.165) is 11.1 Å². The Morgan fingerprint density at radius 1 is 0.879 bits per heavy atom. The monoisotopic (exact) mass is 472 g/mol. The lowest BCUT2D eigenvalue weighted by Gasteiger charge is -2.37. The summed E-state index contributed by atoms with van der Waals surface area (Å²) in [4.78, 5) is 30.7. The number of nitrogens with one attached hydrogen (secondary N) is 1. The molecule has 1 aliphatic rings. The fraction of sp³-hybridized carbons (Fsp3) is 0.417. The summed E-state index contributed by atoms with van der Waals surface area (Å²) < 4.78 is 28.1. The van der Waals surface area contributed by atoms with Crippen molar-refractivity contribution in [2.75, 3.05) is 44.0 Å². The molecule has 33 heavy (non-hydrogen) atoms. The molecule has 1 fully saturated rings. The van der Waals surface area contributed by atoms with E-state index in [0.29, 0.717) is 50.5 Å². The van der Waals surface area contributed by atoms with Crippen LogP contribution in [0, 0.1) is 13.8 Å². The smallest absolute Gasteiger partial charge is 0.320 e. The zero-order valence-electron chi connectivity index (χ0n) is 19.7. The molecular weight excluding hydrogens is 440 g/mol. The Kier molecular flexibility index (Phi) is 7.63. The predicted molar refractivity (Wildman–Crippen MR) is 129 cm³/mol. The van der Waals surface area contributed by atoms with Crippen molar-refractivity contribution >= 4 is 27.6 Å². The van der Waals surface area contributed by atoms with E-state index in [-0.39, 0.29) is 16.8 Å². The number of urea groups is 1. The summed E-state index contributed by atoms with van der Waals surface area (Å²) in [6.07, 6.45) is 0. The minimum atomic E-state index is -3.76. The van der Waals surface area contributed by atoms with Gasteiger partial charge < -0.3 is 14.7 Å². The van der Waals surface area contributed by atoms with Crippen molar-refractivity contribution in [1.82, 2.24) is 14.7 Å². The average molecular weight is 473 g/mol. The lowest BCUT2D eigenvalue weighted by Crippen LogP contribution is -2.54. The van der Waals surface area contributed by atoms with E-state index >= 15 is 0 Å². The summed E-state index contributed by atoms with van der Waals surface area (Å²) >= 11 is 0. The van der Waals surface area contributed by atoms with E-state index in [4.69, 9.17) is 0 Å². The van der Waals surface area contributed by atoms with Crippen LogP contribution in [0.4, 0.5) is 10.5 Å². The first-order valence-corrected chi connectivity index (χ1v) is 12.7. The SMILES string of the molecule is CCN(CC)C(=O)N1CCN(C(=O)c2ccc(S(=O)(=O)Nc3ccc(C)c(C)c3)cc2)CC1. The number of aryl methyl sites for hydroxylation is 2. The van der Waals surface area contributed by atoms with Crippen molar-refractivity contribution in [3.05, 3.63) is 59.2 Å². The number of sulfonamides is 1. The molecule has 3 amide bonds. The molecule has 0 atom stereocenters. The summed E-state index contributed by atoms with van der Waals surface area (Å²) in [7, 11) is -3.76. The first-order chi connectivity index (χ1) is 15.7. The fourth-order valence-electron chi connectivity index (χ4n) is 3.77. The maximum Gasteiger partial charge on any atom is 0.320 e. The third kappa shape index (κ3) is 5.65. The van der Waals surface area contributed by atoms with Gasteiger partial charge in [-0.15, -0.1) is 0 Å². The minimum Gasteiger partial charge on any atom is -0.335 e. The first-order valence-electron chi connectivity index (χ1n) is 11.2. The molecular formula is C24H32N4O4S. The Balaban J connectivity index is 1.63. The Hall–Kier alpha value is -3.07. The normalized spacial score (nSPS) is 14.2. The molecule has 178 valence electrons. The maximum absolute atomic E-state index is 12.9. The van der Waals surface area contributed by atoms with E-state index < -0.39 is 10.0 Å². The number of anilines is 1. The zero-order chi connectivity index (χ0) is 24.2. The van der Waals surface area contributed by atoms with Crippen LogP contribution in [0.1, 0.15) is 35.3 Å². The standard InChI is InChI=1S/C24H32N4O4S/c1-5-26(6-2)24(30)28-15-13-27(14-16-28)23(29)20-8-11-22(12-9-20)33(31,32)25-21-10-7-18(3)19(4)17-21/h7-12,17,25H,5-6,13-16H2,1-4H3. The van der Waals surface area contributed by atoms with Gasteiger partial charge in [-0.2, -0.15) is 0 Å². The van der Waals surface area contributed by atoms with Crippen LogP contribution >= 0.6 is 0 Å². The van der Waals surface area contributed by atoms with Crippen molar-refractivity contribution in [2.24, 2.45) is 0 Å². The first kappa shape index (κ1) is 24.6. The number of benzene rings is 2. The van der Waals surface area contributed by atoms with Crippen molar-refractivity contribution in [3.63, 3.8) is 0 Å². The van der Waals surface area contributed by atoms with Crippen LogP contribution in [-0.2, 0) is 10.0 Å². The Labute approximate surface area is 196 Å². The van der Waals surface area contributed by atoms with Crippen LogP contribution in [0.15, 0.2) is 47.4 Å². The molecule has 0 aromatic heterocycles. The van der Waals surface area contributed by atoms with Crippen LogP contribution < -0.4 is 4.72 Å². The maximum atomic E-state index is 12.9. The number of rotatable bonds is 6. The lowest BCUT2D eigenvalue weighted by atomic mass is 10.1. The molecule has 1 N–H and O–H groups in total. The van der Waals surface area contributed by atoms with Crippen LogP contribution in [0.3, 0.4) is 0 Å². The van der Waals surface area contributed by atoms with E-state index in [9.17, 15) is 18.0 Å². The summed E-state index contributed by atoms with van der Waals surface area (Å²) in [5.41, 5.74) is 2.99. The second-order valence-corrected chi connectivity index (χ2v) is 9.85. The second-order valence-electron chi connectivity index (χ2n) is 8.16. The number of piperazine rings is 1. The van der Waals surface area contributed by atoms with E-state index in [2.05, 4.69) is 4.72 Å². The van der Waals surface area contributed by atoms with E-state index in [1.807, 2.05) is 33.8 Å². The van der Waals surface area contributed by atoms with Gasteiger partial charge in [-0.3, -0.25) is 9.52 Å². The highest BCUT2D eigenvalue weighted by atomic mass is 32.2. The molecule has 3 rings (SSSR count). The van der Waals surface area contributed by atoms with Gasteiger partial charge >= 0.3 is 6.03 Å². The summed E-state index contributed by atoms with van der Waals surface area (Å²) in [6.45, 7) is 10.9. The summed E-state index contributed by atoms with van der Waals surface area (Å²) in [5, 5.41) is 0. The Bertz CT molecular complexity index is 1100. The van der Waals surface area contributed by atoms with Gasteiger partial charge in [0, 0.05) is 50.5 Å². The topological polar surface area (TPSA) is 90.0 Å². The van der Waals surface area contributed by atoms with Crippen molar-refractivity contribution in [3.8, 4) is 0 Å². The highest BCUT2D eigenvalue weighted by Crippen LogP contribution is 2.20. The van der Waals surface area contributed by atoms with Crippen molar-refractivity contribution in [2.45, 2.75) is 32.6 Å². The highest BCUT2D eigenvalue weighted by Gasteiger charge is 2.27. The Morgan fingerprint density at radius 3 is 2.00 bits per heavy atom. The second kappa shape index (κ2) is 10.2. The number of nitrogens with zero attached hydrogens (tertiary/aromatic N) is 3. The largest absolute Gasteiger partial charge is 0.335 e. The quantitative estimate of drug-likeness (QED) is 0.698. The van der Waals surface area contributed by atoms with Gasteiger partial charge in [-0.25, -0.2) is 13.2 Å². The molecule has 9 heteroatoms. The molecule has 2 aromatic rings. The highest BCUT2D eigenvalue weighted by molar-refractivity contribution is 7.92. The average Bonchev–Trinajstić information content (AvgIpc) is 2.81. The van der Waals surface area contributed by atoms with Crippen molar-refractivity contribution < 1.29 is 18.0 Å². The molecule has 8 nitrogen and oxygen atoms in total. The van der Waals surface area contributed by atoms with Gasteiger partial charge in [0.05, 0.1) is 4.90 Å². The molecule has 2 aromatic carbocycles. The predicted octanol–water partition coefficient (Wildman–Crippen LogP) is 3.32. The lowest BCUT2D eigenvalue weighted by molar-refractivity contribution is 0.0641. The number of hydrogen-bond donors (Lipinski definition) is 1. The molecule has 1 heterocycles. The van der Waals surface area contributed by atoms with Gasteiger partial charge in [-0.1, -0.05) is 6.07 Å². The van der Waals surface area contributed by atoms with Crippen LogP contribution in [0.5, 0.6) is 0 Å². The molecule has 0 aliphatic carbocycles. The van der Waals surface area contributed by atoms with Gasteiger partial charge in [0.1, 0.15) is 0 Å². The third-order valence-corrected chi connectivity index (χ3v) is 7.44. The number of carbonyl (C=O) groups is 2. The van der Waals surface area contributed by atoms with Gasteiger partial charge in [0.2, 0.25) is 0 Å². The van der Waals surface area contributed by atoms with Crippen molar-refractivity contribution in [1.29, 1.82) is 0 Å². The van der Waals surface area contributed by atoms with Crippen LogP contribution in [-0.4, -0.2) is 74.3 Å². The summed E-state index contributed by atoms with van der Waals surface area (Å²) in [5.74, 6) is -0.170. The minimum absolute atomic E-state index is 0.00192. The number of amides is 3. The molecule has 1 aliphatic heterocycles. The molecule has 0 bridgehead atoms. The third-order valence-electron chi connectivity index (χ3n) is 6.04. The van der Waals surface area contributed by atoms with E-state index in [1.165, 1.54) is 24.3 Å². The van der Waals surface area contributed by atoms with Gasteiger partial charge in [0.15, 0.2) is 0 Å². The zero-order valence-corrected chi connectivity index (χ0v) is 20.5. The molecule has 0 radical (unpaired) electrons. The van der Waals surface area contributed by atoms with Crippen LogP contribution in [0.25, 0.3) is 0 Å². The number of hydrogen-bond acceptors (Lipinski definition) is 4. The molecule has 0 saturated carbocycles. The molecule has 0 spiro atoms.